The molecule has 0 fully saturated rings. The predicted molar refractivity (Wildman–Crippen MR) is 115 cm³/mol. The summed E-state index contributed by atoms with van der Waals surface area (Å²) in [6.45, 7) is 1.98. The zero-order valence-corrected chi connectivity index (χ0v) is 17.7. The lowest BCUT2D eigenvalue weighted by molar-refractivity contribution is -0.115. The molecule has 3 aromatic rings. The molecule has 1 N–H and O–H groups in total. The summed E-state index contributed by atoms with van der Waals surface area (Å²) in [5, 5.41) is 5.10. The van der Waals surface area contributed by atoms with Crippen LogP contribution in [-0.2, 0) is 16.0 Å². The Kier molecular flexibility index (Phi) is 7.03. The Balaban J connectivity index is 1.84. The second-order valence-electron chi connectivity index (χ2n) is 6.23. The van der Waals surface area contributed by atoms with Crippen LogP contribution in [0.3, 0.4) is 0 Å². The Hall–Kier alpha value is -3.39. The fourth-order valence-electron chi connectivity index (χ4n) is 2.94. The van der Waals surface area contributed by atoms with E-state index in [0.29, 0.717) is 27.6 Å². The van der Waals surface area contributed by atoms with E-state index >= 15 is 0 Å². The van der Waals surface area contributed by atoms with Gasteiger partial charge in [0.1, 0.15) is 10.6 Å². The second kappa shape index (κ2) is 9.89. The largest absolute Gasteiger partial charge is 0.493 e. The highest BCUT2D eigenvalue weighted by molar-refractivity contribution is 7.15. The standard InChI is InChI=1S/C22H22N2O5S/c1-4-29-22(26)20-16(15-6-5-9-23-12-15)13-30-21(20)24-19(25)11-14-7-8-17(27-2)18(10-14)28-3/h5-10,12-13H,4,11H2,1-3H3,(H,24,25). The number of hydrogen-bond donors (Lipinski definition) is 1. The van der Waals surface area contributed by atoms with Crippen molar-refractivity contribution in [2.24, 2.45) is 0 Å². The molecule has 0 aliphatic rings. The number of pyridine rings is 1. The first-order valence-electron chi connectivity index (χ1n) is 9.27. The van der Waals surface area contributed by atoms with Crippen molar-refractivity contribution in [2.75, 3.05) is 26.1 Å². The molecule has 30 heavy (non-hydrogen) atoms. The van der Waals surface area contributed by atoms with Crippen molar-refractivity contribution in [3.05, 3.63) is 59.2 Å². The number of nitrogens with one attached hydrogen (secondary N) is 1. The van der Waals surface area contributed by atoms with Crippen LogP contribution in [0.25, 0.3) is 11.1 Å². The van der Waals surface area contributed by atoms with Crippen LogP contribution >= 0.6 is 11.3 Å². The summed E-state index contributed by atoms with van der Waals surface area (Å²) < 4.78 is 15.7. The number of aromatic nitrogens is 1. The van der Waals surface area contributed by atoms with Crippen LogP contribution in [-0.4, -0.2) is 37.7 Å². The van der Waals surface area contributed by atoms with Crippen LogP contribution in [0.5, 0.6) is 11.5 Å². The number of thiophene rings is 1. The van der Waals surface area contributed by atoms with E-state index in [-0.39, 0.29) is 18.9 Å². The van der Waals surface area contributed by atoms with Gasteiger partial charge in [0.15, 0.2) is 11.5 Å². The van der Waals surface area contributed by atoms with Gasteiger partial charge in [0.05, 0.1) is 27.2 Å². The lowest BCUT2D eigenvalue weighted by Gasteiger charge is -2.11. The minimum absolute atomic E-state index is 0.114. The number of anilines is 1. The molecule has 156 valence electrons. The Morgan fingerprint density at radius 1 is 1.13 bits per heavy atom. The molecule has 1 amide bonds. The fraction of sp³-hybridized carbons (Fsp3) is 0.227. The van der Waals surface area contributed by atoms with Crippen LogP contribution in [0.2, 0.25) is 0 Å². The minimum atomic E-state index is -0.487. The number of nitrogens with zero attached hydrogens (tertiary/aromatic N) is 1. The van der Waals surface area contributed by atoms with Crippen molar-refractivity contribution in [3.8, 4) is 22.6 Å². The van der Waals surface area contributed by atoms with Gasteiger partial charge in [-0.1, -0.05) is 12.1 Å². The highest BCUT2D eigenvalue weighted by atomic mass is 32.1. The highest BCUT2D eigenvalue weighted by Crippen LogP contribution is 2.36. The average Bonchev–Trinajstić information content (AvgIpc) is 3.17. The van der Waals surface area contributed by atoms with Crippen LogP contribution < -0.4 is 14.8 Å². The smallest absolute Gasteiger partial charge is 0.341 e. The maximum absolute atomic E-state index is 12.7. The minimum Gasteiger partial charge on any atom is -0.493 e. The monoisotopic (exact) mass is 426 g/mol. The Morgan fingerprint density at radius 3 is 2.60 bits per heavy atom. The Labute approximate surface area is 178 Å². The summed E-state index contributed by atoms with van der Waals surface area (Å²) >= 11 is 1.27. The van der Waals surface area contributed by atoms with E-state index in [0.717, 1.165) is 11.1 Å². The predicted octanol–water partition coefficient (Wildman–Crippen LogP) is 4.19. The van der Waals surface area contributed by atoms with Gasteiger partial charge in [-0.3, -0.25) is 9.78 Å². The van der Waals surface area contributed by atoms with E-state index in [9.17, 15) is 9.59 Å². The zero-order chi connectivity index (χ0) is 21.5. The van der Waals surface area contributed by atoms with Gasteiger partial charge in [0, 0.05) is 28.9 Å². The van der Waals surface area contributed by atoms with Crippen LogP contribution in [0.15, 0.2) is 48.1 Å². The number of rotatable bonds is 8. The molecule has 0 atom stereocenters. The van der Waals surface area contributed by atoms with Crippen molar-refractivity contribution < 1.29 is 23.8 Å². The summed E-state index contributed by atoms with van der Waals surface area (Å²) in [5.41, 5.74) is 2.53. The molecule has 0 spiro atoms. The molecule has 0 radical (unpaired) electrons. The van der Waals surface area contributed by atoms with Gasteiger partial charge in [-0.2, -0.15) is 0 Å². The number of esters is 1. The third kappa shape index (κ3) is 4.77. The van der Waals surface area contributed by atoms with Crippen LogP contribution in [0, 0.1) is 0 Å². The number of methoxy groups -OCH3 is 2. The van der Waals surface area contributed by atoms with E-state index < -0.39 is 5.97 Å². The fourth-order valence-corrected chi connectivity index (χ4v) is 3.91. The average molecular weight is 426 g/mol. The molecular weight excluding hydrogens is 404 g/mol. The van der Waals surface area contributed by atoms with Gasteiger partial charge in [-0.25, -0.2) is 4.79 Å². The SMILES string of the molecule is CCOC(=O)c1c(-c2cccnc2)csc1NC(=O)Cc1ccc(OC)c(OC)c1. The van der Waals surface area contributed by atoms with Crippen molar-refractivity contribution in [3.63, 3.8) is 0 Å². The molecule has 0 saturated heterocycles. The molecule has 0 saturated carbocycles. The van der Waals surface area contributed by atoms with Crippen molar-refractivity contribution >= 4 is 28.2 Å². The summed E-state index contributed by atoms with van der Waals surface area (Å²) in [6, 6.07) is 8.93. The van der Waals surface area contributed by atoms with Gasteiger partial charge in [0.25, 0.3) is 0 Å². The van der Waals surface area contributed by atoms with Crippen molar-refractivity contribution in [1.29, 1.82) is 0 Å². The lowest BCUT2D eigenvalue weighted by Crippen LogP contribution is -2.16. The molecule has 2 aromatic heterocycles. The van der Waals surface area contributed by atoms with Crippen molar-refractivity contribution in [1.82, 2.24) is 4.98 Å². The van der Waals surface area contributed by atoms with E-state index in [4.69, 9.17) is 14.2 Å². The molecule has 0 bridgehead atoms. The number of hydrogen-bond acceptors (Lipinski definition) is 7. The molecule has 2 heterocycles. The Morgan fingerprint density at radius 2 is 1.93 bits per heavy atom. The van der Waals surface area contributed by atoms with Crippen molar-refractivity contribution in [2.45, 2.75) is 13.3 Å². The number of amides is 1. The lowest BCUT2D eigenvalue weighted by atomic mass is 10.1. The van der Waals surface area contributed by atoms with Gasteiger partial charge in [0.2, 0.25) is 5.91 Å². The zero-order valence-electron chi connectivity index (χ0n) is 16.9. The molecule has 7 nitrogen and oxygen atoms in total. The normalized spacial score (nSPS) is 10.4. The van der Waals surface area contributed by atoms with E-state index in [2.05, 4.69) is 10.3 Å². The quantitative estimate of drug-likeness (QED) is 0.544. The van der Waals surface area contributed by atoms with Crippen LogP contribution in [0.4, 0.5) is 5.00 Å². The van der Waals surface area contributed by atoms with Gasteiger partial charge in [-0.15, -0.1) is 11.3 Å². The van der Waals surface area contributed by atoms with E-state index in [1.165, 1.54) is 11.3 Å². The third-order valence-electron chi connectivity index (χ3n) is 4.31. The molecule has 1 aromatic carbocycles. The number of carbonyl (C=O) groups excluding carboxylic acids is 2. The first kappa shape index (κ1) is 21.3. The summed E-state index contributed by atoms with van der Waals surface area (Å²) in [5.74, 6) is 0.391. The topological polar surface area (TPSA) is 86.8 Å². The summed E-state index contributed by atoms with van der Waals surface area (Å²) in [4.78, 5) is 29.4. The van der Waals surface area contributed by atoms with E-state index in [1.54, 1.807) is 57.8 Å². The van der Waals surface area contributed by atoms with Gasteiger partial charge < -0.3 is 19.5 Å². The molecule has 3 rings (SSSR count). The van der Waals surface area contributed by atoms with Gasteiger partial charge >= 0.3 is 5.97 Å². The van der Waals surface area contributed by atoms with Gasteiger partial charge in [-0.05, 0) is 30.7 Å². The first-order valence-corrected chi connectivity index (χ1v) is 10.1. The molecule has 0 unspecified atom stereocenters. The third-order valence-corrected chi connectivity index (χ3v) is 5.20. The van der Waals surface area contributed by atoms with E-state index in [1.807, 2.05) is 11.4 Å². The maximum Gasteiger partial charge on any atom is 0.341 e. The van der Waals surface area contributed by atoms with Crippen LogP contribution in [0.1, 0.15) is 22.8 Å². The number of benzene rings is 1. The molecule has 0 aliphatic carbocycles. The summed E-state index contributed by atoms with van der Waals surface area (Å²) in [7, 11) is 3.09. The molecule has 0 aliphatic heterocycles. The number of carbonyl (C=O) groups is 2. The number of ether oxygens (including phenoxy) is 3. The summed E-state index contributed by atoms with van der Waals surface area (Å²) in [6.07, 6.45) is 3.44. The molecular formula is C22H22N2O5S. The maximum atomic E-state index is 12.7. The Bertz CT molecular complexity index is 1030. The molecule has 8 heteroatoms. The first-order chi connectivity index (χ1) is 14.6. The second-order valence-corrected chi connectivity index (χ2v) is 7.11. The highest BCUT2D eigenvalue weighted by Gasteiger charge is 2.23.